The Balaban J connectivity index is 1.49. The average Bonchev–Trinajstić information content (AvgIpc) is 2.89. The summed E-state index contributed by atoms with van der Waals surface area (Å²) in [6.07, 6.45) is 0.883. The molecule has 0 aromatic heterocycles. The maximum absolute atomic E-state index is 5.79. The summed E-state index contributed by atoms with van der Waals surface area (Å²) in [5, 5.41) is 7.84. The highest BCUT2D eigenvalue weighted by Crippen LogP contribution is 2.19. The first-order valence-corrected chi connectivity index (χ1v) is 12.1. The molecule has 0 saturated heterocycles. The van der Waals surface area contributed by atoms with Crippen molar-refractivity contribution in [3.05, 3.63) is 138 Å². The topological polar surface area (TPSA) is 27.3 Å². The van der Waals surface area contributed by atoms with Crippen molar-refractivity contribution in [2.45, 2.75) is 19.5 Å². The van der Waals surface area contributed by atoms with E-state index in [1.165, 1.54) is 11.1 Å². The van der Waals surface area contributed by atoms with Gasteiger partial charge in [0.05, 0.1) is 5.69 Å². The summed E-state index contributed by atoms with van der Waals surface area (Å²) in [4.78, 5) is 1.89. The smallest absolute Gasteiger partial charge is 0.180 e. The molecule has 4 rings (SSSR count). The van der Waals surface area contributed by atoms with Gasteiger partial charge in [-0.1, -0.05) is 103 Å². The van der Waals surface area contributed by atoms with Gasteiger partial charge in [0.25, 0.3) is 0 Å². The van der Waals surface area contributed by atoms with Crippen LogP contribution in [0.1, 0.15) is 22.3 Å². The molecule has 0 bridgehead atoms. The van der Waals surface area contributed by atoms with E-state index in [0.29, 0.717) is 23.3 Å². The highest BCUT2D eigenvalue weighted by atomic mass is 32.1. The molecule has 0 heterocycles. The predicted octanol–water partition coefficient (Wildman–Crippen LogP) is 6.23. The van der Waals surface area contributed by atoms with Crippen LogP contribution >= 0.6 is 24.4 Å². The lowest BCUT2D eigenvalue weighted by molar-refractivity contribution is 0.893. The Morgan fingerprint density at radius 2 is 0.882 bits per heavy atom. The summed E-state index contributed by atoms with van der Waals surface area (Å²) in [5.74, 6) is 0. The first-order valence-electron chi connectivity index (χ1n) is 11.3. The van der Waals surface area contributed by atoms with Crippen molar-refractivity contribution in [1.82, 2.24) is 10.6 Å². The number of rotatable bonds is 7. The number of hydrogen-bond donors (Lipinski definition) is 2. The first kappa shape index (κ1) is 23.6. The summed E-state index contributed by atoms with van der Waals surface area (Å²) in [5.41, 5.74) is 5.76. The van der Waals surface area contributed by atoms with E-state index in [4.69, 9.17) is 24.4 Å². The van der Waals surface area contributed by atoms with Crippen molar-refractivity contribution in [3.63, 3.8) is 0 Å². The third-order valence-corrected chi connectivity index (χ3v) is 6.08. The summed E-state index contributed by atoms with van der Waals surface area (Å²) < 4.78 is 0. The van der Waals surface area contributed by atoms with Gasteiger partial charge in [-0.15, -0.1) is 0 Å². The largest absolute Gasteiger partial charge is 0.358 e. The lowest BCUT2D eigenvalue weighted by Gasteiger charge is -2.27. The average molecular weight is 482 g/mol. The summed E-state index contributed by atoms with van der Waals surface area (Å²) >= 11 is 11.6. The van der Waals surface area contributed by atoms with Gasteiger partial charge in [-0.25, -0.2) is 0 Å². The Morgan fingerprint density at radius 1 is 0.500 bits per heavy atom. The second-order valence-corrected chi connectivity index (χ2v) is 8.73. The van der Waals surface area contributed by atoms with Crippen molar-refractivity contribution in [1.29, 1.82) is 0 Å². The predicted molar refractivity (Wildman–Crippen MR) is 150 cm³/mol. The molecule has 3 nitrogen and oxygen atoms in total. The molecule has 0 aliphatic heterocycles. The Morgan fingerprint density at radius 3 is 1.32 bits per heavy atom. The monoisotopic (exact) mass is 481 g/mol. The summed E-state index contributed by atoms with van der Waals surface area (Å²) in [7, 11) is 0. The maximum Gasteiger partial charge on any atom is 0.180 e. The molecule has 0 atom stereocenters. The molecule has 0 unspecified atom stereocenters. The van der Waals surface area contributed by atoms with E-state index in [1.54, 1.807) is 0 Å². The zero-order chi connectivity index (χ0) is 23.6. The van der Waals surface area contributed by atoms with Gasteiger partial charge in [-0.3, -0.25) is 4.90 Å². The molecule has 34 heavy (non-hydrogen) atoms. The van der Waals surface area contributed by atoms with E-state index in [2.05, 4.69) is 83.4 Å². The van der Waals surface area contributed by atoms with E-state index >= 15 is 0 Å². The maximum atomic E-state index is 5.79. The number of anilines is 1. The van der Waals surface area contributed by atoms with Gasteiger partial charge in [-0.05, 0) is 65.2 Å². The molecular formula is C29H27N3S2. The fraction of sp³-hybridized carbons (Fsp3) is 0.103. The molecule has 0 radical (unpaired) electrons. The lowest BCUT2D eigenvalue weighted by Crippen LogP contribution is -2.48. The van der Waals surface area contributed by atoms with Crippen LogP contribution in [0.3, 0.4) is 0 Å². The van der Waals surface area contributed by atoms with E-state index < -0.39 is 0 Å². The molecular weight excluding hydrogens is 454 g/mol. The summed E-state index contributed by atoms with van der Waals surface area (Å²) in [6, 6.07) is 39.3. The van der Waals surface area contributed by atoms with E-state index in [1.807, 2.05) is 47.4 Å². The third-order valence-electron chi connectivity index (χ3n) is 5.42. The minimum Gasteiger partial charge on any atom is -0.358 e. The normalized spacial score (nSPS) is 10.4. The van der Waals surface area contributed by atoms with Crippen LogP contribution in [-0.2, 0) is 19.5 Å². The minimum atomic E-state index is 0.560. The summed E-state index contributed by atoms with van der Waals surface area (Å²) in [6.45, 7) is 1.26. The van der Waals surface area contributed by atoms with Crippen LogP contribution in [0.15, 0.2) is 115 Å². The zero-order valence-electron chi connectivity index (χ0n) is 18.9. The molecule has 170 valence electrons. The van der Waals surface area contributed by atoms with Gasteiger partial charge < -0.3 is 10.6 Å². The van der Waals surface area contributed by atoms with Gasteiger partial charge in [0, 0.05) is 13.1 Å². The fourth-order valence-corrected chi connectivity index (χ4v) is 4.22. The van der Waals surface area contributed by atoms with E-state index in [9.17, 15) is 0 Å². The molecule has 2 N–H and O–H groups in total. The Hall–Kier alpha value is -3.54. The Labute approximate surface area is 212 Å². The standard InChI is InChI=1S/C29H27N3S2/c33-28(30-21-25-12-6-2-7-13-25)32(29(34)31-22-26-14-8-3-9-15-26)27-18-16-24(17-19-27)20-23-10-4-1-5-11-23/h1-19H,20-22H2,(H,30,33)(H,31,34). The van der Waals surface area contributed by atoms with Crippen LogP contribution in [0, 0.1) is 0 Å². The van der Waals surface area contributed by atoms with Gasteiger partial charge in [0.15, 0.2) is 10.2 Å². The van der Waals surface area contributed by atoms with Gasteiger partial charge in [0.2, 0.25) is 0 Å². The lowest BCUT2D eigenvalue weighted by atomic mass is 10.0. The van der Waals surface area contributed by atoms with Gasteiger partial charge in [-0.2, -0.15) is 0 Å². The second-order valence-electron chi connectivity index (χ2n) is 7.95. The molecule has 5 heteroatoms. The molecule has 4 aromatic rings. The van der Waals surface area contributed by atoms with Crippen LogP contribution in [0.4, 0.5) is 5.69 Å². The number of nitrogens with zero attached hydrogens (tertiary/aromatic N) is 1. The van der Waals surface area contributed by atoms with Crippen LogP contribution in [-0.4, -0.2) is 10.2 Å². The SMILES string of the molecule is S=C(NCc1ccccc1)N(C(=S)NCc1ccccc1)c1ccc(Cc2ccccc2)cc1. The van der Waals surface area contributed by atoms with Crippen molar-refractivity contribution < 1.29 is 0 Å². The zero-order valence-corrected chi connectivity index (χ0v) is 20.5. The first-order chi connectivity index (χ1) is 16.7. The highest BCUT2D eigenvalue weighted by Gasteiger charge is 2.17. The second kappa shape index (κ2) is 12.1. The number of hydrogen-bond acceptors (Lipinski definition) is 2. The third kappa shape index (κ3) is 6.73. The molecule has 0 aliphatic carbocycles. The molecule has 0 fully saturated rings. The fourth-order valence-electron chi connectivity index (χ4n) is 3.63. The van der Waals surface area contributed by atoms with Crippen LogP contribution in [0.2, 0.25) is 0 Å². The van der Waals surface area contributed by atoms with E-state index in [0.717, 1.165) is 23.2 Å². The van der Waals surface area contributed by atoms with Crippen molar-refractivity contribution >= 4 is 40.3 Å². The van der Waals surface area contributed by atoms with Gasteiger partial charge in [0.1, 0.15) is 0 Å². The minimum absolute atomic E-state index is 0.560. The Bertz CT molecular complexity index is 1140. The molecule has 0 spiro atoms. The quantitative estimate of drug-likeness (QED) is 0.305. The van der Waals surface area contributed by atoms with Gasteiger partial charge >= 0.3 is 0 Å². The molecule has 4 aromatic carbocycles. The van der Waals surface area contributed by atoms with Crippen LogP contribution < -0.4 is 15.5 Å². The molecule has 0 amide bonds. The van der Waals surface area contributed by atoms with E-state index in [-0.39, 0.29) is 0 Å². The number of thiocarbonyl (C=S) groups is 2. The van der Waals surface area contributed by atoms with Crippen molar-refractivity contribution in [2.75, 3.05) is 4.90 Å². The van der Waals surface area contributed by atoms with Crippen LogP contribution in [0.5, 0.6) is 0 Å². The number of nitrogens with one attached hydrogen (secondary N) is 2. The Kier molecular flexibility index (Phi) is 8.38. The molecule has 0 aliphatic rings. The van der Waals surface area contributed by atoms with Crippen molar-refractivity contribution in [2.24, 2.45) is 0 Å². The van der Waals surface area contributed by atoms with Crippen molar-refractivity contribution in [3.8, 4) is 0 Å². The molecule has 0 saturated carbocycles. The van der Waals surface area contributed by atoms with Crippen LogP contribution in [0.25, 0.3) is 0 Å². The highest BCUT2D eigenvalue weighted by molar-refractivity contribution is 7.82. The number of benzene rings is 4.